The van der Waals surface area contributed by atoms with Crippen molar-refractivity contribution in [1.82, 2.24) is 0 Å². The number of anilines is 1. The van der Waals surface area contributed by atoms with E-state index in [4.69, 9.17) is 10.5 Å². The number of nitrogens with one attached hydrogen (secondary N) is 1. The van der Waals surface area contributed by atoms with Crippen molar-refractivity contribution in [3.8, 4) is 0 Å². The van der Waals surface area contributed by atoms with Crippen molar-refractivity contribution in [2.45, 2.75) is 33.2 Å². The molecule has 0 aliphatic carbocycles. The standard InChI is InChI=1S/C15H24N2O2/c1-15(2,3)13(16)14(18)17-12-8-6-5-7-11(12)9-10-19-4/h5-8,13H,9-10,16H2,1-4H3,(H,17,18)/t13-/m0/s1. The molecule has 0 fully saturated rings. The van der Waals surface area contributed by atoms with Gasteiger partial charge in [0.15, 0.2) is 0 Å². The zero-order chi connectivity index (χ0) is 14.5. The van der Waals surface area contributed by atoms with Crippen LogP contribution in [0.2, 0.25) is 0 Å². The van der Waals surface area contributed by atoms with Crippen LogP contribution in [0.4, 0.5) is 5.69 Å². The minimum absolute atomic E-state index is 0.155. The van der Waals surface area contributed by atoms with E-state index < -0.39 is 6.04 Å². The Kier molecular flexibility index (Phi) is 5.51. The predicted molar refractivity (Wildman–Crippen MR) is 78.1 cm³/mol. The lowest BCUT2D eigenvalue weighted by molar-refractivity contribution is -0.119. The summed E-state index contributed by atoms with van der Waals surface area (Å²) in [5.41, 5.74) is 7.56. The minimum Gasteiger partial charge on any atom is -0.384 e. The first-order chi connectivity index (χ1) is 8.86. The first-order valence-electron chi connectivity index (χ1n) is 6.49. The SMILES string of the molecule is COCCc1ccccc1NC(=O)[C@H](N)C(C)(C)C. The van der Waals surface area contributed by atoms with Crippen molar-refractivity contribution >= 4 is 11.6 Å². The fourth-order valence-electron chi connectivity index (χ4n) is 1.68. The molecule has 0 aliphatic rings. The molecule has 0 aliphatic heterocycles. The van der Waals surface area contributed by atoms with E-state index in [0.717, 1.165) is 17.7 Å². The van der Waals surface area contributed by atoms with Crippen molar-refractivity contribution in [1.29, 1.82) is 0 Å². The van der Waals surface area contributed by atoms with Gasteiger partial charge in [-0.05, 0) is 23.5 Å². The largest absolute Gasteiger partial charge is 0.384 e. The van der Waals surface area contributed by atoms with E-state index in [1.54, 1.807) is 7.11 Å². The molecule has 1 rings (SSSR count). The van der Waals surface area contributed by atoms with Gasteiger partial charge in [0.1, 0.15) is 0 Å². The Morgan fingerprint density at radius 2 is 2.00 bits per heavy atom. The molecule has 1 aromatic rings. The third-order valence-electron chi connectivity index (χ3n) is 3.07. The predicted octanol–water partition coefficient (Wildman–Crippen LogP) is 2.19. The van der Waals surface area contributed by atoms with Crippen LogP contribution in [-0.2, 0) is 16.0 Å². The molecule has 0 heterocycles. The fraction of sp³-hybridized carbons (Fsp3) is 0.533. The number of amides is 1. The van der Waals surface area contributed by atoms with Gasteiger partial charge in [0.05, 0.1) is 12.6 Å². The number of para-hydroxylation sites is 1. The van der Waals surface area contributed by atoms with Crippen molar-refractivity contribution in [2.75, 3.05) is 19.0 Å². The summed E-state index contributed by atoms with van der Waals surface area (Å²) < 4.78 is 5.07. The lowest BCUT2D eigenvalue weighted by Crippen LogP contribution is -2.45. The maximum atomic E-state index is 12.1. The van der Waals surface area contributed by atoms with Crippen LogP contribution in [0.25, 0.3) is 0 Å². The molecular weight excluding hydrogens is 240 g/mol. The highest BCUT2D eigenvalue weighted by molar-refractivity contribution is 5.95. The zero-order valence-electron chi connectivity index (χ0n) is 12.2. The Bertz CT molecular complexity index is 424. The third-order valence-corrected chi connectivity index (χ3v) is 3.07. The fourth-order valence-corrected chi connectivity index (χ4v) is 1.68. The van der Waals surface area contributed by atoms with Crippen LogP contribution in [0.15, 0.2) is 24.3 Å². The second kappa shape index (κ2) is 6.68. The average Bonchev–Trinajstić information content (AvgIpc) is 2.35. The maximum absolute atomic E-state index is 12.1. The van der Waals surface area contributed by atoms with Gasteiger partial charge in [0, 0.05) is 12.8 Å². The molecule has 19 heavy (non-hydrogen) atoms. The Labute approximate surface area is 115 Å². The van der Waals surface area contributed by atoms with Gasteiger partial charge in [-0.3, -0.25) is 4.79 Å². The average molecular weight is 264 g/mol. The van der Waals surface area contributed by atoms with Crippen LogP contribution < -0.4 is 11.1 Å². The summed E-state index contributed by atoms with van der Waals surface area (Å²) in [5.74, 6) is -0.155. The molecule has 0 aromatic heterocycles. The summed E-state index contributed by atoms with van der Waals surface area (Å²) in [6, 6.07) is 7.18. The van der Waals surface area contributed by atoms with Gasteiger partial charge in [0.25, 0.3) is 0 Å². The van der Waals surface area contributed by atoms with Gasteiger partial charge in [-0.25, -0.2) is 0 Å². The third kappa shape index (κ3) is 4.65. The van der Waals surface area contributed by atoms with Crippen molar-refractivity contribution < 1.29 is 9.53 Å². The van der Waals surface area contributed by atoms with Crippen LogP contribution in [-0.4, -0.2) is 25.7 Å². The van der Waals surface area contributed by atoms with Crippen molar-refractivity contribution in [3.63, 3.8) is 0 Å². The summed E-state index contributed by atoms with van der Waals surface area (Å²) in [6.45, 7) is 6.48. The van der Waals surface area contributed by atoms with Crippen molar-refractivity contribution in [3.05, 3.63) is 29.8 Å². The van der Waals surface area contributed by atoms with Crippen LogP contribution in [0, 0.1) is 5.41 Å². The monoisotopic (exact) mass is 264 g/mol. The summed E-state index contributed by atoms with van der Waals surface area (Å²) in [6.07, 6.45) is 0.762. The van der Waals surface area contributed by atoms with Gasteiger partial charge in [-0.1, -0.05) is 39.0 Å². The van der Waals surface area contributed by atoms with E-state index in [2.05, 4.69) is 5.32 Å². The topological polar surface area (TPSA) is 64.3 Å². The molecule has 1 aromatic carbocycles. The molecule has 0 unspecified atom stereocenters. The highest BCUT2D eigenvalue weighted by Gasteiger charge is 2.27. The lowest BCUT2D eigenvalue weighted by atomic mass is 9.87. The summed E-state index contributed by atoms with van der Waals surface area (Å²) in [7, 11) is 1.66. The number of hydrogen-bond acceptors (Lipinski definition) is 3. The maximum Gasteiger partial charge on any atom is 0.241 e. The van der Waals surface area contributed by atoms with Gasteiger partial charge in [-0.15, -0.1) is 0 Å². The molecule has 0 saturated carbocycles. The Morgan fingerprint density at radius 3 is 2.58 bits per heavy atom. The molecule has 1 amide bonds. The number of ether oxygens (including phenoxy) is 1. The Morgan fingerprint density at radius 1 is 1.37 bits per heavy atom. The van der Waals surface area contributed by atoms with Gasteiger partial charge < -0.3 is 15.8 Å². The van der Waals surface area contributed by atoms with E-state index in [9.17, 15) is 4.79 Å². The van der Waals surface area contributed by atoms with Gasteiger partial charge in [0.2, 0.25) is 5.91 Å². The Hall–Kier alpha value is -1.39. The second-order valence-electron chi connectivity index (χ2n) is 5.73. The highest BCUT2D eigenvalue weighted by Crippen LogP contribution is 2.21. The molecular formula is C15H24N2O2. The molecule has 4 heteroatoms. The highest BCUT2D eigenvalue weighted by atomic mass is 16.5. The first-order valence-corrected chi connectivity index (χ1v) is 6.49. The molecule has 1 atom stereocenters. The van der Waals surface area contributed by atoms with E-state index in [-0.39, 0.29) is 11.3 Å². The van der Waals surface area contributed by atoms with Crippen LogP contribution >= 0.6 is 0 Å². The summed E-state index contributed by atoms with van der Waals surface area (Å²) in [4.78, 5) is 12.1. The van der Waals surface area contributed by atoms with Crippen molar-refractivity contribution in [2.24, 2.45) is 11.1 Å². The number of rotatable bonds is 5. The van der Waals surface area contributed by atoms with E-state index >= 15 is 0 Å². The smallest absolute Gasteiger partial charge is 0.241 e. The minimum atomic E-state index is -0.539. The van der Waals surface area contributed by atoms with Crippen LogP contribution in [0.3, 0.4) is 0 Å². The van der Waals surface area contributed by atoms with E-state index in [0.29, 0.717) is 6.61 Å². The number of carbonyl (C=O) groups is 1. The van der Waals surface area contributed by atoms with Crippen LogP contribution in [0.5, 0.6) is 0 Å². The van der Waals surface area contributed by atoms with Gasteiger partial charge >= 0.3 is 0 Å². The van der Waals surface area contributed by atoms with Gasteiger partial charge in [-0.2, -0.15) is 0 Å². The summed E-state index contributed by atoms with van der Waals surface area (Å²) >= 11 is 0. The van der Waals surface area contributed by atoms with E-state index in [1.807, 2.05) is 45.0 Å². The normalized spacial score (nSPS) is 13.1. The zero-order valence-corrected chi connectivity index (χ0v) is 12.2. The molecule has 0 radical (unpaired) electrons. The molecule has 106 valence electrons. The molecule has 0 saturated heterocycles. The number of methoxy groups -OCH3 is 1. The number of nitrogens with two attached hydrogens (primary N) is 1. The molecule has 3 N–H and O–H groups in total. The molecule has 0 bridgehead atoms. The second-order valence-corrected chi connectivity index (χ2v) is 5.73. The lowest BCUT2D eigenvalue weighted by Gasteiger charge is -2.26. The summed E-state index contributed by atoms with van der Waals surface area (Å²) in [5, 5.41) is 2.91. The van der Waals surface area contributed by atoms with E-state index in [1.165, 1.54) is 0 Å². The molecule has 4 nitrogen and oxygen atoms in total. The molecule has 0 spiro atoms. The number of hydrogen-bond donors (Lipinski definition) is 2. The Balaban J connectivity index is 2.79. The quantitative estimate of drug-likeness (QED) is 0.856. The van der Waals surface area contributed by atoms with Crippen LogP contribution in [0.1, 0.15) is 26.3 Å². The number of carbonyl (C=O) groups excluding carboxylic acids is 1. The first kappa shape index (κ1) is 15.7. The number of benzene rings is 1.